The molecule has 58 valence electrons. The Morgan fingerprint density at radius 1 is 1.64 bits per heavy atom. The smallest absolute Gasteiger partial charge is 0.105 e. The molecule has 0 saturated carbocycles. The number of rotatable bonds is 0. The van der Waals surface area contributed by atoms with Gasteiger partial charge in [-0.05, 0) is 12.8 Å². The maximum absolute atomic E-state index is 8.60. The van der Waals surface area contributed by atoms with Crippen LogP contribution in [0.15, 0.2) is 17.7 Å². The van der Waals surface area contributed by atoms with Crippen LogP contribution in [0.1, 0.15) is 18.5 Å². The van der Waals surface area contributed by atoms with E-state index in [4.69, 9.17) is 5.21 Å². The van der Waals surface area contributed by atoms with Crippen LogP contribution in [0, 0.1) is 0 Å². The van der Waals surface area contributed by atoms with Gasteiger partial charge in [-0.3, -0.25) is 0 Å². The Morgan fingerprint density at radius 3 is 3.36 bits per heavy atom. The van der Waals surface area contributed by atoms with Crippen LogP contribution in [0.3, 0.4) is 0 Å². The van der Waals surface area contributed by atoms with Crippen molar-refractivity contribution in [2.24, 2.45) is 5.16 Å². The van der Waals surface area contributed by atoms with E-state index in [0.29, 0.717) is 0 Å². The first-order valence-corrected chi connectivity index (χ1v) is 3.63. The molecule has 0 aliphatic carbocycles. The van der Waals surface area contributed by atoms with E-state index >= 15 is 0 Å². The highest BCUT2D eigenvalue weighted by molar-refractivity contribution is 5.99. The summed E-state index contributed by atoms with van der Waals surface area (Å²) in [6.07, 6.45) is 5.37. The predicted octanol–water partition coefficient (Wildman–Crippen LogP) is 0.855. The second kappa shape index (κ2) is 2.38. The summed E-state index contributed by atoms with van der Waals surface area (Å²) in [6, 6.07) is 0. The summed E-state index contributed by atoms with van der Waals surface area (Å²) in [4.78, 5) is 3.97. The van der Waals surface area contributed by atoms with Crippen LogP contribution in [-0.4, -0.2) is 20.5 Å². The van der Waals surface area contributed by atoms with Gasteiger partial charge in [0.1, 0.15) is 5.71 Å². The Labute approximate surface area is 64.2 Å². The lowest BCUT2D eigenvalue weighted by Gasteiger charge is -2.14. The first-order chi connectivity index (χ1) is 5.42. The summed E-state index contributed by atoms with van der Waals surface area (Å²) in [5, 5.41) is 11.8. The number of aromatic nitrogens is 2. The van der Waals surface area contributed by atoms with Gasteiger partial charge in [0, 0.05) is 6.54 Å². The third-order valence-electron chi connectivity index (χ3n) is 1.94. The molecule has 4 heteroatoms. The highest BCUT2D eigenvalue weighted by Gasteiger charge is 2.14. The number of hydrogen-bond acceptors (Lipinski definition) is 3. The quantitative estimate of drug-likeness (QED) is 0.441. The molecule has 1 N–H and O–H groups in total. The standard InChI is InChI=1S/C7H9N3O/c11-9-6-2-1-3-10-5-8-4-7(6)10/h4-5,11H,1-3H2/b9-6+. The van der Waals surface area contributed by atoms with Gasteiger partial charge >= 0.3 is 0 Å². The van der Waals surface area contributed by atoms with Crippen LogP contribution in [-0.2, 0) is 6.54 Å². The van der Waals surface area contributed by atoms with Crippen LogP contribution in [0.4, 0.5) is 0 Å². The van der Waals surface area contributed by atoms with E-state index in [1.807, 2.05) is 4.57 Å². The monoisotopic (exact) mass is 151 g/mol. The number of aryl methyl sites for hydroxylation is 1. The fourth-order valence-electron chi connectivity index (χ4n) is 1.39. The summed E-state index contributed by atoms with van der Waals surface area (Å²) >= 11 is 0. The number of hydrogen-bond donors (Lipinski definition) is 1. The molecule has 0 saturated heterocycles. The summed E-state index contributed by atoms with van der Waals surface area (Å²) in [7, 11) is 0. The van der Waals surface area contributed by atoms with Gasteiger partial charge in [-0.1, -0.05) is 5.16 Å². The molecule has 1 aromatic rings. The van der Waals surface area contributed by atoms with Gasteiger partial charge in [-0.2, -0.15) is 0 Å². The zero-order valence-corrected chi connectivity index (χ0v) is 6.06. The van der Waals surface area contributed by atoms with E-state index in [-0.39, 0.29) is 0 Å². The molecule has 0 unspecified atom stereocenters. The molecule has 2 heterocycles. The van der Waals surface area contributed by atoms with E-state index in [9.17, 15) is 0 Å². The lowest BCUT2D eigenvalue weighted by Crippen LogP contribution is -2.16. The Kier molecular flexibility index (Phi) is 1.38. The van der Waals surface area contributed by atoms with Gasteiger partial charge < -0.3 is 9.77 Å². The average Bonchev–Trinajstić information content (AvgIpc) is 2.50. The molecule has 11 heavy (non-hydrogen) atoms. The Bertz CT molecular complexity index is 290. The average molecular weight is 151 g/mol. The minimum atomic E-state index is 0.744. The Hall–Kier alpha value is -1.32. The van der Waals surface area contributed by atoms with Crippen molar-refractivity contribution in [3.8, 4) is 0 Å². The Morgan fingerprint density at radius 2 is 2.55 bits per heavy atom. The van der Waals surface area contributed by atoms with Gasteiger partial charge in [0.15, 0.2) is 0 Å². The van der Waals surface area contributed by atoms with Crippen molar-refractivity contribution < 1.29 is 5.21 Å². The minimum absolute atomic E-state index is 0.744. The molecular weight excluding hydrogens is 142 g/mol. The number of fused-ring (bicyclic) bond motifs is 1. The highest BCUT2D eigenvalue weighted by atomic mass is 16.4. The molecular formula is C7H9N3O. The fraction of sp³-hybridized carbons (Fsp3) is 0.429. The molecule has 0 bridgehead atoms. The van der Waals surface area contributed by atoms with Crippen molar-refractivity contribution in [2.45, 2.75) is 19.4 Å². The molecule has 0 spiro atoms. The van der Waals surface area contributed by atoms with Crippen molar-refractivity contribution in [1.29, 1.82) is 0 Å². The molecule has 0 radical (unpaired) electrons. The van der Waals surface area contributed by atoms with E-state index in [1.54, 1.807) is 12.5 Å². The van der Waals surface area contributed by atoms with E-state index in [0.717, 1.165) is 30.8 Å². The van der Waals surface area contributed by atoms with Gasteiger partial charge in [-0.15, -0.1) is 0 Å². The highest BCUT2D eigenvalue weighted by Crippen LogP contribution is 2.13. The van der Waals surface area contributed by atoms with Crippen LogP contribution >= 0.6 is 0 Å². The van der Waals surface area contributed by atoms with Crippen LogP contribution in [0.2, 0.25) is 0 Å². The van der Waals surface area contributed by atoms with Crippen molar-refractivity contribution in [2.75, 3.05) is 0 Å². The summed E-state index contributed by atoms with van der Waals surface area (Å²) in [5.74, 6) is 0. The van der Waals surface area contributed by atoms with Crippen LogP contribution in [0.5, 0.6) is 0 Å². The van der Waals surface area contributed by atoms with E-state index in [2.05, 4.69) is 10.1 Å². The molecule has 1 aromatic heterocycles. The summed E-state index contributed by atoms with van der Waals surface area (Å²) < 4.78 is 2.00. The SMILES string of the molecule is O/N=C1\CCCn2cncc21. The molecule has 0 aromatic carbocycles. The maximum Gasteiger partial charge on any atom is 0.105 e. The van der Waals surface area contributed by atoms with Crippen LogP contribution in [0.25, 0.3) is 0 Å². The third-order valence-corrected chi connectivity index (χ3v) is 1.94. The minimum Gasteiger partial charge on any atom is -0.411 e. The maximum atomic E-state index is 8.60. The number of oxime groups is 1. The lowest BCUT2D eigenvalue weighted by molar-refractivity contribution is 0.316. The van der Waals surface area contributed by atoms with Crippen molar-refractivity contribution >= 4 is 5.71 Å². The molecule has 2 rings (SSSR count). The molecule has 4 nitrogen and oxygen atoms in total. The number of imidazole rings is 1. The van der Waals surface area contributed by atoms with E-state index < -0.39 is 0 Å². The van der Waals surface area contributed by atoms with Crippen molar-refractivity contribution in [1.82, 2.24) is 9.55 Å². The topological polar surface area (TPSA) is 50.4 Å². The normalized spacial score (nSPS) is 20.2. The van der Waals surface area contributed by atoms with Gasteiger partial charge in [0.05, 0.1) is 18.2 Å². The molecule has 0 fully saturated rings. The van der Waals surface area contributed by atoms with Gasteiger partial charge in [0.25, 0.3) is 0 Å². The van der Waals surface area contributed by atoms with E-state index in [1.165, 1.54) is 0 Å². The predicted molar refractivity (Wildman–Crippen MR) is 39.8 cm³/mol. The Balaban J connectivity index is 2.48. The van der Waals surface area contributed by atoms with Gasteiger partial charge in [-0.25, -0.2) is 4.98 Å². The molecule has 0 atom stereocenters. The second-order valence-corrected chi connectivity index (χ2v) is 2.62. The largest absolute Gasteiger partial charge is 0.411 e. The fourth-order valence-corrected chi connectivity index (χ4v) is 1.39. The lowest BCUT2D eigenvalue weighted by atomic mass is 10.1. The summed E-state index contributed by atoms with van der Waals surface area (Å²) in [6.45, 7) is 0.981. The zero-order chi connectivity index (χ0) is 7.68. The van der Waals surface area contributed by atoms with Crippen LogP contribution < -0.4 is 0 Å². The second-order valence-electron chi connectivity index (χ2n) is 2.62. The first-order valence-electron chi connectivity index (χ1n) is 3.63. The third kappa shape index (κ3) is 0.906. The molecule has 1 aliphatic heterocycles. The van der Waals surface area contributed by atoms with Gasteiger partial charge in [0.2, 0.25) is 0 Å². The number of nitrogens with zero attached hydrogens (tertiary/aromatic N) is 3. The van der Waals surface area contributed by atoms with Crippen molar-refractivity contribution in [3.63, 3.8) is 0 Å². The molecule has 1 aliphatic rings. The van der Waals surface area contributed by atoms with Crippen molar-refractivity contribution in [3.05, 3.63) is 18.2 Å². The zero-order valence-electron chi connectivity index (χ0n) is 6.06. The first kappa shape index (κ1) is 6.39. The molecule has 0 amide bonds. The summed E-state index contributed by atoms with van der Waals surface area (Å²) in [5.41, 5.74) is 1.69.